The molecule has 3 nitrogen and oxygen atoms in total. The molecule has 70 valence electrons. The van der Waals surface area contributed by atoms with E-state index in [0.29, 0.717) is 10.7 Å². The van der Waals surface area contributed by atoms with Gasteiger partial charge in [-0.15, -0.1) is 0 Å². The topological polar surface area (TPSA) is 51.8 Å². The third kappa shape index (κ3) is 1.54. The van der Waals surface area contributed by atoms with Gasteiger partial charge in [0, 0.05) is 16.1 Å². The van der Waals surface area contributed by atoms with Crippen molar-refractivity contribution in [2.24, 2.45) is 0 Å². The van der Waals surface area contributed by atoms with Crippen molar-refractivity contribution < 1.29 is 0 Å². The van der Waals surface area contributed by atoms with Crippen LogP contribution in [0, 0.1) is 0 Å². The third-order valence-corrected chi connectivity index (χ3v) is 2.25. The summed E-state index contributed by atoms with van der Waals surface area (Å²) in [5, 5.41) is 8.12. The summed E-state index contributed by atoms with van der Waals surface area (Å²) in [5.74, 6) is 0. The van der Waals surface area contributed by atoms with Gasteiger partial charge in [-0.3, -0.25) is 0 Å². The van der Waals surface area contributed by atoms with Crippen molar-refractivity contribution in [1.29, 1.82) is 0 Å². The number of anilines is 1. The summed E-state index contributed by atoms with van der Waals surface area (Å²) >= 11 is 6.03. The van der Waals surface area contributed by atoms with E-state index in [1.165, 1.54) is 6.20 Å². The average Bonchev–Trinajstić information content (AvgIpc) is 2.20. The van der Waals surface area contributed by atoms with Crippen LogP contribution in [0.15, 0.2) is 36.7 Å². The van der Waals surface area contributed by atoms with E-state index in [1.54, 1.807) is 6.20 Å². The van der Waals surface area contributed by atoms with E-state index < -0.39 is 0 Å². The molecule has 1 heterocycles. The van der Waals surface area contributed by atoms with Crippen molar-refractivity contribution in [3.63, 3.8) is 0 Å². The molecular formula is C10H8ClN3. The first-order valence-corrected chi connectivity index (χ1v) is 4.48. The number of halogens is 1. The summed E-state index contributed by atoms with van der Waals surface area (Å²) in [6.07, 6.45) is 3.12. The fourth-order valence-electron chi connectivity index (χ4n) is 1.24. The maximum Gasteiger partial charge on any atom is 0.0732 e. The lowest BCUT2D eigenvalue weighted by Gasteiger charge is -2.05. The minimum Gasteiger partial charge on any atom is -0.397 e. The minimum absolute atomic E-state index is 0.577. The Kier molecular flexibility index (Phi) is 2.33. The molecule has 0 unspecified atom stereocenters. The van der Waals surface area contributed by atoms with Crippen molar-refractivity contribution in [3.05, 3.63) is 41.7 Å². The molecule has 0 aliphatic heterocycles. The summed E-state index contributed by atoms with van der Waals surface area (Å²) in [5.41, 5.74) is 8.02. The lowest BCUT2D eigenvalue weighted by molar-refractivity contribution is 1.04. The third-order valence-electron chi connectivity index (χ3n) is 1.93. The first-order chi connectivity index (χ1) is 6.79. The maximum atomic E-state index is 6.03. The summed E-state index contributed by atoms with van der Waals surface area (Å²) < 4.78 is 0. The van der Waals surface area contributed by atoms with Gasteiger partial charge < -0.3 is 5.73 Å². The van der Waals surface area contributed by atoms with Gasteiger partial charge in [-0.2, -0.15) is 10.2 Å². The van der Waals surface area contributed by atoms with Crippen molar-refractivity contribution in [2.75, 3.05) is 5.73 Å². The lowest BCUT2D eigenvalue weighted by Crippen LogP contribution is -1.93. The van der Waals surface area contributed by atoms with E-state index >= 15 is 0 Å². The maximum absolute atomic E-state index is 6.03. The van der Waals surface area contributed by atoms with Crippen LogP contribution < -0.4 is 5.73 Å². The van der Waals surface area contributed by atoms with Crippen molar-refractivity contribution in [3.8, 4) is 11.1 Å². The second-order valence-electron chi connectivity index (χ2n) is 2.84. The monoisotopic (exact) mass is 205 g/mol. The molecule has 0 radical (unpaired) electrons. The van der Waals surface area contributed by atoms with E-state index in [2.05, 4.69) is 10.2 Å². The molecule has 2 aromatic rings. The first kappa shape index (κ1) is 8.97. The Bertz CT molecular complexity index is 413. The van der Waals surface area contributed by atoms with Crippen LogP contribution in [0.25, 0.3) is 11.1 Å². The molecule has 0 spiro atoms. The minimum atomic E-state index is 0.577. The van der Waals surface area contributed by atoms with Crippen LogP contribution >= 0.6 is 11.6 Å². The Morgan fingerprint density at radius 2 is 1.71 bits per heavy atom. The Morgan fingerprint density at radius 3 is 2.43 bits per heavy atom. The number of hydrogen-bond acceptors (Lipinski definition) is 3. The van der Waals surface area contributed by atoms with Gasteiger partial charge in [0.15, 0.2) is 0 Å². The molecule has 1 aromatic carbocycles. The predicted octanol–water partition coefficient (Wildman–Crippen LogP) is 2.38. The highest BCUT2D eigenvalue weighted by molar-refractivity contribution is 6.33. The van der Waals surface area contributed by atoms with E-state index in [4.69, 9.17) is 17.3 Å². The van der Waals surface area contributed by atoms with Gasteiger partial charge in [-0.05, 0) is 6.07 Å². The molecule has 0 bridgehead atoms. The van der Waals surface area contributed by atoms with Crippen molar-refractivity contribution >= 4 is 17.3 Å². The molecule has 0 amide bonds. The predicted molar refractivity (Wildman–Crippen MR) is 56.9 cm³/mol. The van der Waals surface area contributed by atoms with Crippen LogP contribution in [0.3, 0.4) is 0 Å². The van der Waals surface area contributed by atoms with Gasteiger partial charge >= 0.3 is 0 Å². The fourth-order valence-corrected chi connectivity index (χ4v) is 1.47. The molecule has 0 atom stereocenters. The zero-order valence-corrected chi connectivity index (χ0v) is 8.07. The first-order valence-electron chi connectivity index (χ1n) is 4.10. The summed E-state index contributed by atoms with van der Waals surface area (Å²) in [6, 6.07) is 7.49. The molecule has 4 heteroatoms. The van der Waals surface area contributed by atoms with Crippen LogP contribution in [0.5, 0.6) is 0 Å². The normalized spacial score (nSPS) is 10.1. The largest absolute Gasteiger partial charge is 0.397 e. The van der Waals surface area contributed by atoms with E-state index in [0.717, 1.165) is 11.1 Å². The summed E-state index contributed by atoms with van der Waals surface area (Å²) in [7, 11) is 0. The zero-order chi connectivity index (χ0) is 9.97. The molecule has 0 fully saturated rings. The molecule has 14 heavy (non-hydrogen) atoms. The van der Waals surface area contributed by atoms with E-state index in [1.807, 2.05) is 24.3 Å². The van der Waals surface area contributed by atoms with Gasteiger partial charge in [-0.1, -0.05) is 29.8 Å². The van der Waals surface area contributed by atoms with Gasteiger partial charge in [0.1, 0.15) is 0 Å². The van der Waals surface area contributed by atoms with E-state index in [-0.39, 0.29) is 0 Å². The molecule has 0 aliphatic rings. The average molecular weight is 206 g/mol. The van der Waals surface area contributed by atoms with Gasteiger partial charge in [0.2, 0.25) is 0 Å². The molecule has 2 rings (SSSR count). The number of aromatic nitrogens is 2. The standard InChI is InChI=1S/C10H8ClN3/c11-9-4-2-1-3-7(9)8-5-13-14-6-10(8)12/h1-6H,(H2,12,13). The number of nitrogens with two attached hydrogens (primary N) is 1. The molecule has 2 N–H and O–H groups in total. The van der Waals surface area contributed by atoms with E-state index in [9.17, 15) is 0 Å². The highest BCUT2D eigenvalue weighted by atomic mass is 35.5. The molecule has 1 aromatic heterocycles. The molecule has 0 aliphatic carbocycles. The number of hydrogen-bond donors (Lipinski definition) is 1. The molecular weight excluding hydrogens is 198 g/mol. The Labute approximate surface area is 86.5 Å². The second-order valence-corrected chi connectivity index (χ2v) is 3.25. The smallest absolute Gasteiger partial charge is 0.0732 e. The number of nitrogen functional groups attached to an aromatic ring is 1. The quantitative estimate of drug-likeness (QED) is 0.778. The summed E-state index contributed by atoms with van der Waals surface area (Å²) in [6.45, 7) is 0. The Balaban J connectivity index is 2.61. The Morgan fingerprint density at radius 1 is 1.00 bits per heavy atom. The lowest BCUT2D eigenvalue weighted by atomic mass is 10.1. The van der Waals surface area contributed by atoms with Crippen molar-refractivity contribution in [1.82, 2.24) is 10.2 Å². The number of rotatable bonds is 1. The highest BCUT2D eigenvalue weighted by Gasteiger charge is 2.05. The number of nitrogens with zero attached hydrogens (tertiary/aromatic N) is 2. The van der Waals surface area contributed by atoms with Gasteiger partial charge in [0.05, 0.1) is 18.1 Å². The van der Waals surface area contributed by atoms with Crippen LogP contribution in [-0.2, 0) is 0 Å². The van der Waals surface area contributed by atoms with Gasteiger partial charge in [-0.25, -0.2) is 0 Å². The molecule has 0 saturated heterocycles. The van der Waals surface area contributed by atoms with Crippen LogP contribution in [-0.4, -0.2) is 10.2 Å². The highest BCUT2D eigenvalue weighted by Crippen LogP contribution is 2.30. The zero-order valence-electron chi connectivity index (χ0n) is 7.31. The van der Waals surface area contributed by atoms with Crippen molar-refractivity contribution in [2.45, 2.75) is 0 Å². The Hall–Kier alpha value is -1.61. The molecule has 0 saturated carbocycles. The SMILES string of the molecule is Nc1cnncc1-c1ccccc1Cl. The van der Waals surface area contributed by atoms with Crippen LogP contribution in [0.2, 0.25) is 5.02 Å². The second kappa shape index (κ2) is 3.64. The fraction of sp³-hybridized carbons (Fsp3) is 0. The van der Waals surface area contributed by atoms with Gasteiger partial charge in [0.25, 0.3) is 0 Å². The summed E-state index contributed by atoms with van der Waals surface area (Å²) in [4.78, 5) is 0. The number of benzene rings is 1. The van der Waals surface area contributed by atoms with Crippen LogP contribution in [0.1, 0.15) is 0 Å². The van der Waals surface area contributed by atoms with Crippen LogP contribution in [0.4, 0.5) is 5.69 Å².